The molecule has 0 unspecified atom stereocenters. The van der Waals surface area contributed by atoms with Gasteiger partial charge in [0.15, 0.2) is 0 Å². The molecule has 0 aromatic carbocycles. The van der Waals surface area contributed by atoms with Crippen LogP contribution in [0.15, 0.2) is 10.7 Å². The molecule has 0 aliphatic carbocycles. The Labute approximate surface area is 96.5 Å². The van der Waals surface area contributed by atoms with Crippen LogP contribution in [0.2, 0.25) is 0 Å². The highest BCUT2D eigenvalue weighted by Gasteiger charge is 2.27. The highest BCUT2D eigenvalue weighted by Crippen LogP contribution is 2.36. The predicted molar refractivity (Wildman–Crippen MR) is 53.1 cm³/mol. The van der Waals surface area contributed by atoms with Crippen molar-refractivity contribution in [3.05, 3.63) is 32.0 Å². The lowest BCUT2D eigenvalue weighted by Gasteiger charge is -2.06. The Morgan fingerprint density at radius 2 is 2.27 bits per heavy atom. The first-order chi connectivity index (χ1) is 6.99. The molecule has 82 valence electrons. The first-order valence-electron chi connectivity index (χ1n) is 3.64. The summed E-state index contributed by atoms with van der Waals surface area (Å²) in [6.07, 6.45) is -2.17. The highest BCUT2D eigenvalue weighted by atomic mass is 79.9. The van der Waals surface area contributed by atoms with E-state index >= 15 is 0 Å². The largest absolute Gasteiger partial charge is 0.297 e. The lowest BCUT2D eigenvalue weighted by molar-refractivity contribution is -0.386. The Kier molecular flexibility index (Phi) is 3.92. The van der Waals surface area contributed by atoms with Gasteiger partial charge in [-0.2, -0.15) is 0 Å². The van der Waals surface area contributed by atoms with Crippen molar-refractivity contribution in [3.63, 3.8) is 0 Å². The Morgan fingerprint density at radius 1 is 1.67 bits per heavy atom. The van der Waals surface area contributed by atoms with Crippen LogP contribution in [0.5, 0.6) is 0 Å². The van der Waals surface area contributed by atoms with Crippen molar-refractivity contribution in [2.24, 2.45) is 0 Å². The van der Waals surface area contributed by atoms with Gasteiger partial charge in [0, 0.05) is 0 Å². The number of hydrogen-bond acceptors (Lipinski definition) is 3. The van der Waals surface area contributed by atoms with Gasteiger partial charge in [0.1, 0.15) is 11.8 Å². The third kappa shape index (κ3) is 2.40. The summed E-state index contributed by atoms with van der Waals surface area (Å²) in [5, 5.41) is 10.5. The maximum atomic E-state index is 12.6. The Morgan fingerprint density at radius 3 is 2.67 bits per heavy atom. The van der Waals surface area contributed by atoms with E-state index in [4.69, 9.17) is 11.6 Å². The van der Waals surface area contributed by atoms with Crippen LogP contribution >= 0.6 is 27.5 Å². The molecule has 0 radical (unpaired) electrons. The van der Waals surface area contributed by atoms with Crippen LogP contribution in [0, 0.1) is 10.1 Å². The molecule has 8 heteroatoms. The standard InChI is InChI=1S/C7H4BrClF2N2O2/c8-6-3(1-9)12-2-4(13(14)15)5(6)7(10)11/h2,7H,1H2. The van der Waals surface area contributed by atoms with E-state index in [1.807, 2.05) is 0 Å². The van der Waals surface area contributed by atoms with E-state index in [-0.39, 0.29) is 16.0 Å². The fourth-order valence-electron chi connectivity index (χ4n) is 0.979. The number of rotatable bonds is 3. The minimum Gasteiger partial charge on any atom is -0.258 e. The number of nitro groups is 1. The lowest BCUT2D eigenvalue weighted by atomic mass is 10.2. The topological polar surface area (TPSA) is 56.0 Å². The molecule has 1 aromatic heterocycles. The maximum absolute atomic E-state index is 12.6. The van der Waals surface area contributed by atoms with Gasteiger partial charge in [-0.1, -0.05) is 0 Å². The fourth-order valence-corrected chi connectivity index (χ4v) is 1.96. The number of halogens is 4. The number of alkyl halides is 3. The van der Waals surface area contributed by atoms with Gasteiger partial charge in [-0.15, -0.1) is 11.6 Å². The van der Waals surface area contributed by atoms with Crippen molar-refractivity contribution in [2.45, 2.75) is 12.3 Å². The van der Waals surface area contributed by atoms with Gasteiger partial charge in [0.05, 0.1) is 21.0 Å². The molecule has 0 spiro atoms. The van der Waals surface area contributed by atoms with E-state index < -0.39 is 22.6 Å². The second-order valence-electron chi connectivity index (χ2n) is 2.51. The molecule has 0 amide bonds. The smallest absolute Gasteiger partial charge is 0.258 e. The molecular formula is C7H4BrClF2N2O2. The molecule has 1 aromatic rings. The van der Waals surface area contributed by atoms with Crippen LogP contribution in [0.3, 0.4) is 0 Å². The van der Waals surface area contributed by atoms with E-state index in [1.165, 1.54) is 0 Å². The average Bonchev–Trinajstić information content (AvgIpc) is 2.16. The minimum atomic E-state index is -2.95. The molecule has 0 saturated heterocycles. The summed E-state index contributed by atoms with van der Waals surface area (Å²) >= 11 is 8.26. The van der Waals surface area contributed by atoms with E-state index in [0.717, 1.165) is 6.20 Å². The highest BCUT2D eigenvalue weighted by molar-refractivity contribution is 9.10. The zero-order chi connectivity index (χ0) is 11.6. The summed E-state index contributed by atoms with van der Waals surface area (Å²) in [7, 11) is 0. The van der Waals surface area contributed by atoms with Crippen molar-refractivity contribution in [1.29, 1.82) is 0 Å². The minimum absolute atomic E-state index is 0.0989. The zero-order valence-corrected chi connectivity index (χ0v) is 9.43. The average molecular weight is 301 g/mol. The van der Waals surface area contributed by atoms with E-state index in [0.29, 0.717) is 0 Å². The van der Waals surface area contributed by atoms with Gasteiger partial charge in [-0.25, -0.2) is 8.78 Å². The molecule has 0 N–H and O–H groups in total. The van der Waals surface area contributed by atoms with Crippen LogP contribution in [-0.2, 0) is 5.88 Å². The number of hydrogen-bond donors (Lipinski definition) is 0. The Bertz CT molecular complexity index is 403. The molecule has 0 saturated carbocycles. The summed E-state index contributed by atoms with van der Waals surface area (Å²) in [5.74, 6) is -0.0989. The molecule has 4 nitrogen and oxygen atoms in total. The van der Waals surface area contributed by atoms with Crippen LogP contribution in [-0.4, -0.2) is 9.91 Å². The second kappa shape index (κ2) is 4.80. The number of pyridine rings is 1. The third-order valence-corrected chi connectivity index (χ3v) is 2.79. The van der Waals surface area contributed by atoms with Crippen molar-refractivity contribution < 1.29 is 13.7 Å². The quantitative estimate of drug-likeness (QED) is 0.488. The molecule has 0 atom stereocenters. The van der Waals surface area contributed by atoms with Crippen molar-refractivity contribution >= 4 is 33.2 Å². The summed E-state index contributed by atoms with van der Waals surface area (Å²) in [6, 6.07) is 0. The van der Waals surface area contributed by atoms with Gasteiger partial charge in [0.25, 0.3) is 12.1 Å². The number of nitrogens with zero attached hydrogens (tertiary/aromatic N) is 2. The predicted octanol–water partition coefficient (Wildman–Crippen LogP) is 3.43. The molecular weight excluding hydrogens is 297 g/mol. The van der Waals surface area contributed by atoms with E-state index in [2.05, 4.69) is 20.9 Å². The maximum Gasteiger partial charge on any atom is 0.297 e. The SMILES string of the molecule is O=[N+]([O-])c1cnc(CCl)c(Br)c1C(F)F. The summed E-state index contributed by atoms with van der Waals surface area (Å²) in [5.41, 5.74) is -1.26. The van der Waals surface area contributed by atoms with Crippen LogP contribution < -0.4 is 0 Å². The van der Waals surface area contributed by atoms with Gasteiger partial charge in [-0.05, 0) is 15.9 Å². The Hall–Kier alpha value is -0.820. The second-order valence-corrected chi connectivity index (χ2v) is 3.57. The molecule has 0 aliphatic rings. The molecule has 0 bridgehead atoms. The molecule has 0 aliphatic heterocycles. The van der Waals surface area contributed by atoms with Crippen LogP contribution in [0.25, 0.3) is 0 Å². The van der Waals surface area contributed by atoms with Gasteiger partial charge < -0.3 is 0 Å². The third-order valence-electron chi connectivity index (χ3n) is 1.65. The molecule has 0 fully saturated rings. The summed E-state index contributed by atoms with van der Waals surface area (Å²) < 4.78 is 25.0. The fraction of sp³-hybridized carbons (Fsp3) is 0.286. The first-order valence-corrected chi connectivity index (χ1v) is 4.97. The van der Waals surface area contributed by atoms with Gasteiger partial charge in [-0.3, -0.25) is 15.1 Å². The van der Waals surface area contributed by atoms with Crippen molar-refractivity contribution in [3.8, 4) is 0 Å². The lowest BCUT2D eigenvalue weighted by Crippen LogP contribution is -2.01. The van der Waals surface area contributed by atoms with Crippen molar-refractivity contribution in [1.82, 2.24) is 4.98 Å². The van der Waals surface area contributed by atoms with Gasteiger partial charge in [0.2, 0.25) is 0 Å². The molecule has 1 rings (SSSR count). The molecule has 15 heavy (non-hydrogen) atoms. The van der Waals surface area contributed by atoms with Crippen LogP contribution in [0.1, 0.15) is 17.7 Å². The monoisotopic (exact) mass is 300 g/mol. The van der Waals surface area contributed by atoms with Crippen molar-refractivity contribution in [2.75, 3.05) is 0 Å². The Balaban J connectivity index is 3.44. The van der Waals surface area contributed by atoms with E-state index in [9.17, 15) is 18.9 Å². The zero-order valence-electron chi connectivity index (χ0n) is 7.08. The first kappa shape index (κ1) is 12.3. The summed E-state index contributed by atoms with van der Waals surface area (Å²) in [6.45, 7) is 0. The normalized spacial score (nSPS) is 10.7. The summed E-state index contributed by atoms with van der Waals surface area (Å²) in [4.78, 5) is 13.2. The van der Waals surface area contributed by atoms with Gasteiger partial charge >= 0.3 is 0 Å². The van der Waals surface area contributed by atoms with E-state index in [1.54, 1.807) is 0 Å². The van der Waals surface area contributed by atoms with Crippen LogP contribution in [0.4, 0.5) is 14.5 Å². The molecule has 1 heterocycles. The number of aromatic nitrogens is 1.